The first kappa shape index (κ1) is 14.4. The van der Waals surface area contributed by atoms with Crippen LogP contribution in [0.5, 0.6) is 0 Å². The third-order valence-corrected chi connectivity index (χ3v) is 5.21. The van der Waals surface area contributed by atoms with Gasteiger partial charge in [-0.15, -0.1) is 0 Å². The van der Waals surface area contributed by atoms with E-state index >= 15 is 0 Å². The zero-order valence-electron chi connectivity index (χ0n) is 12.1. The molecule has 106 valence electrons. The quantitative estimate of drug-likeness (QED) is 0.848. The van der Waals surface area contributed by atoms with Gasteiger partial charge in [0.2, 0.25) is 0 Å². The Hall–Kier alpha value is -0.960. The Morgan fingerprint density at radius 1 is 1.05 bits per heavy atom. The van der Waals surface area contributed by atoms with E-state index in [0.717, 1.165) is 0 Å². The lowest BCUT2D eigenvalue weighted by molar-refractivity contribution is -0.00349. The fourth-order valence-corrected chi connectivity index (χ4v) is 3.00. The van der Waals surface area contributed by atoms with Gasteiger partial charge in [0.15, 0.2) is 0 Å². The van der Waals surface area contributed by atoms with Crippen molar-refractivity contribution in [2.45, 2.75) is 33.6 Å². The van der Waals surface area contributed by atoms with E-state index in [2.05, 4.69) is 33.0 Å². The monoisotopic (exact) mass is 267 g/mol. The molecule has 0 heterocycles. The lowest BCUT2D eigenvalue weighted by Crippen LogP contribution is -2.32. The molecule has 0 aromatic heterocycles. The normalized spacial score (nSPS) is 21.4. The highest BCUT2D eigenvalue weighted by molar-refractivity contribution is 5.20. The summed E-state index contributed by atoms with van der Waals surface area (Å²) in [5.41, 5.74) is 0.557. The Balaban J connectivity index is 1.87. The average molecular weight is 267 g/mol. The Morgan fingerprint density at radius 3 is 2.05 bits per heavy atom. The van der Waals surface area contributed by atoms with Crippen molar-refractivity contribution in [1.29, 1.82) is 0 Å². The van der Waals surface area contributed by atoms with Gasteiger partial charge in [-0.05, 0) is 23.3 Å². The van der Waals surface area contributed by atoms with Crippen LogP contribution in [0.25, 0.3) is 0 Å². The summed E-state index contributed by atoms with van der Waals surface area (Å²) in [6, 6.07) is 8.01. The predicted octanol–water partition coefficient (Wildman–Crippen LogP) is 4.05. The maximum atomic E-state index is 13.9. The van der Waals surface area contributed by atoms with Crippen LogP contribution in [0.4, 0.5) is 8.78 Å². The number of halogens is 2. The van der Waals surface area contributed by atoms with Crippen LogP contribution < -0.4 is 5.32 Å². The molecule has 3 heteroatoms. The number of hydrogen-bond donors (Lipinski definition) is 1. The molecule has 1 N–H and O–H groups in total. The molecular weight excluding hydrogens is 244 g/mol. The first-order chi connectivity index (χ1) is 8.69. The lowest BCUT2D eigenvalue weighted by atomic mass is 10.0. The molecule has 0 saturated heterocycles. The second-order valence-corrected chi connectivity index (χ2v) is 6.70. The number of nitrogens with one attached hydrogen (secondary N) is 1. The van der Waals surface area contributed by atoms with Crippen molar-refractivity contribution in [2.24, 2.45) is 16.7 Å². The van der Waals surface area contributed by atoms with Gasteiger partial charge in [-0.25, -0.2) is 0 Å². The van der Waals surface area contributed by atoms with E-state index in [1.54, 1.807) is 18.2 Å². The third kappa shape index (κ3) is 2.53. The molecule has 0 radical (unpaired) electrons. The van der Waals surface area contributed by atoms with Crippen molar-refractivity contribution in [3.05, 3.63) is 35.9 Å². The van der Waals surface area contributed by atoms with Crippen LogP contribution in [0.3, 0.4) is 0 Å². The molecule has 0 bridgehead atoms. The highest BCUT2D eigenvalue weighted by Crippen LogP contribution is 2.67. The Morgan fingerprint density at radius 2 is 1.58 bits per heavy atom. The van der Waals surface area contributed by atoms with Crippen LogP contribution in [-0.4, -0.2) is 13.1 Å². The van der Waals surface area contributed by atoms with Crippen molar-refractivity contribution >= 4 is 0 Å². The standard InChI is InChI=1S/C16H23F2N/c1-14(2)13(15(14,3)4)10-19-11-16(17,18)12-8-6-5-7-9-12/h5-9,13,19H,10-11H2,1-4H3. The summed E-state index contributed by atoms with van der Waals surface area (Å²) in [7, 11) is 0. The highest BCUT2D eigenvalue weighted by Gasteiger charge is 2.63. The highest BCUT2D eigenvalue weighted by atomic mass is 19.3. The van der Waals surface area contributed by atoms with Crippen molar-refractivity contribution in [2.75, 3.05) is 13.1 Å². The first-order valence-electron chi connectivity index (χ1n) is 6.83. The van der Waals surface area contributed by atoms with E-state index in [9.17, 15) is 8.78 Å². The molecule has 1 aliphatic carbocycles. The summed E-state index contributed by atoms with van der Waals surface area (Å²) >= 11 is 0. The smallest absolute Gasteiger partial charge is 0.285 e. The summed E-state index contributed by atoms with van der Waals surface area (Å²) < 4.78 is 27.9. The van der Waals surface area contributed by atoms with Gasteiger partial charge in [-0.1, -0.05) is 58.0 Å². The van der Waals surface area contributed by atoms with Crippen LogP contribution in [0.1, 0.15) is 33.3 Å². The summed E-state index contributed by atoms with van der Waals surface area (Å²) in [5, 5.41) is 2.95. The minimum atomic E-state index is -2.80. The summed E-state index contributed by atoms with van der Waals surface area (Å²) in [6.07, 6.45) is 0. The molecule has 0 aliphatic heterocycles. The van der Waals surface area contributed by atoms with E-state index < -0.39 is 5.92 Å². The Kier molecular flexibility index (Phi) is 3.46. The zero-order chi connectivity index (χ0) is 14.3. The minimum Gasteiger partial charge on any atom is -0.311 e. The molecule has 1 aliphatic rings. The Labute approximate surface area is 114 Å². The number of rotatable bonds is 5. The SMILES string of the molecule is CC1(C)C(CNCC(F)(F)c2ccccc2)C1(C)C. The summed E-state index contributed by atoms with van der Waals surface area (Å²) in [6.45, 7) is 9.18. The van der Waals surface area contributed by atoms with E-state index in [1.165, 1.54) is 12.1 Å². The van der Waals surface area contributed by atoms with Gasteiger partial charge in [-0.2, -0.15) is 8.78 Å². The van der Waals surface area contributed by atoms with Gasteiger partial charge in [-0.3, -0.25) is 0 Å². The molecule has 1 fully saturated rings. The minimum absolute atomic E-state index is 0.0804. The van der Waals surface area contributed by atoms with Crippen LogP contribution in [-0.2, 0) is 5.92 Å². The molecule has 1 aromatic carbocycles. The van der Waals surface area contributed by atoms with Gasteiger partial charge < -0.3 is 5.32 Å². The predicted molar refractivity (Wildman–Crippen MR) is 74.3 cm³/mol. The fraction of sp³-hybridized carbons (Fsp3) is 0.625. The molecular formula is C16H23F2N. The van der Waals surface area contributed by atoms with E-state index in [0.29, 0.717) is 12.5 Å². The molecule has 0 spiro atoms. The van der Waals surface area contributed by atoms with E-state index in [4.69, 9.17) is 0 Å². The topological polar surface area (TPSA) is 12.0 Å². The Bertz CT molecular complexity index is 423. The molecule has 1 saturated carbocycles. The van der Waals surface area contributed by atoms with Crippen molar-refractivity contribution in [1.82, 2.24) is 5.32 Å². The largest absolute Gasteiger partial charge is 0.311 e. The van der Waals surface area contributed by atoms with Crippen molar-refractivity contribution in [3.8, 4) is 0 Å². The molecule has 19 heavy (non-hydrogen) atoms. The van der Waals surface area contributed by atoms with E-state index in [1.807, 2.05) is 0 Å². The molecule has 2 rings (SSSR count). The summed E-state index contributed by atoms with van der Waals surface area (Å²) in [4.78, 5) is 0. The van der Waals surface area contributed by atoms with E-state index in [-0.39, 0.29) is 22.9 Å². The molecule has 0 amide bonds. The second-order valence-electron chi connectivity index (χ2n) is 6.70. The molecule has 1 aromatic rings. The van der Waals surface area contributed by atoms with Gasteiger partial charge in [0.1, 0.15) is 0 Å². The summed E-state index contributed by atoms with van der Waals surface area (Å²) in [5.74, 6) is -2.34. The maximum Gasteiger partial charge on any atom is 0.285 e. The zero-order valence-corrected chi connectivity index (χ0v) is 12.1. The van der Waals surface area contributed by atoms with Crippen molar-refractivity contribution in [3.63, 3.8) is 0 Å². The van der Waals surface area contributed by atoms with Gasteiger partial charge in [0, 0.05) is 5.56 Å². The van der Waals surface area contributed by atoms with Crippen LogP contribution >= 0.6 is 0 Å². The molecule has 0 unspecified atom stereocenters. The lowest BCUT2D eigenvalue weighted by Gasteiger charge is -2.17. The van der Waals surface area contributed by atoms with Gasteiger partial charge in [0.25, 0.3) is 5.92 Å². The van der Waals surface area contributed by atoms with Crippen LogP contribution in [0.15, 0.2) is 30.3 Å². The second kappa shape index (κ2) is 4.55. The van der Waals surface area contributed by atoms with Gasteiger partial charge >= 0.3 is 0 Å². The third-order valence-electron chi connectivity index (χ3n) is 5.21. The average Bonchev–Trinajstić information content (AvgIpc) is 2.72. The number of hydrogen-bond acceptors (Lipinski definition) is 1. The van der Waals surface area contributed by atoms with Crippen LogP contribution in [0.2, 0.25) is 0 Å². The van der Waals surface area contributed by atoms with Crippen LogP contribution in [0, 0.1) is 16.7 Å². The first-order valence-corrected chi connectivity index (χ1v) is 6.83. The fourth-order valence-electron chi connectivity index (χ4n) is 3.00. The number of alkyl halides is 2. The van der Waals surface area contributed by atoms with Gasteiger partial charge in [0.05, 0.1) is 6.54 Å². The molecule has 0 atom stereocenters. The number of benzene rings is 1. The molecule has 1 nitrogen and oxygen atoms in total. The maximum absolute atomic E-state index is 13.9. The van der Waals surface area contributed by atoms with Crippen molar-refractivity contribution < 1.29 is 8.78 Å².